The van der Waals surface area contributed by atoms with Gasteiger partial charge in [-0.2, -0.15) is 0 Å². The van der Waals surface area contributed by atoms with E-state index < -0.39 is 0 Å². The van der Waals surface area contributed by atoms with Crippen molar-refractivity contribution in [1.29, 1.82) is 0 Å². The molecule has 17 heavy (non-hydrogen) atoms. The van der Waals surface area contributed by atoms with Crippen LogP contribution >= 0.6 is 50.1 Å². The third-order valence-corrected chi connectivity index (χ3v) is 3.61. The van der Waals surface area contributed by atoms with E-state index in [1.54, 1.807) is 18.2 Å². The maximum Gasteiger partial charge on any atom is 0.268 e. The van der Waals surface area contributed by atoms with Gasteiger partial charge in [0.1, 0.15) is 9.32 Å². The molecule has 0 radical (unpaired) electrons. The number of hydrogen-bond acceptors (Lipinski definition) is 3. The summed E-state index contributed by atoms with van der Waals surface area (Å²) in [5.74, 6) is 0.685. The minimum absolute atomic E-state index is 0.235. The Morgan fingerprint density at radius 3 is 2.94 bits per heavy atom. The Kier molecular flexibility index (Phi) is 4.05. The molecule has 1 aromatic carbocycles. The first-order valence-corrected chi connectivity index (χ1v) is 6.69. The fraction of sp³-hybridized carbons (Fsp3) is 0. The van der Waals surface area contributed by atoms with Crippen molar-refractivity contribution in [1.82, 2.24) is 9.97 Å². The maximum absolute atomic E-state index is 11.3. The third-order valence-electron chi connectivity index (χ3n) is 1.87. The van der Waals surface area contributed by atoms with E-state index in [4.69, 9.17) is 16.3 Å². The Morgan fingerprint density at radius 2 is 2.24 bits per heavy atom. The Hall–Kier alpha value is -0.600. The van der Waals surface area contributed by atoms with Gasteiger partial charge >= 0.3 is 0 Å². The summed E-state index contributed by atoms with van der Waals surface area (Å²) < 4.78 is 6.71. The van der Waals surface area contributed by atoms with Gasteiger partial charge in [0.05, 0.1) is 11.3 Å². The van der Waals surface area contributed by atoms with Crippen molar-refractivity contribution in [3.63, 3.8) is 0 Å². The zero-order chi connectivity index (χ0) is 12.4. The Labute approximate surface area is 124 Å². The van der Waals surface area contributed by atoms with Gasteiger partial charge in [0.25, 0.3) is 5.56 Å². The number of aromatic amines is 1. The highest BCUT2D eigenvalue weighted by molar-refractivity contribution is 14.1. The van der Waals surface area contributed by atoms with Gasteiger partial charge in [-0.15, -0.1) is 0 Å². The molecule has 2 rings (SSSR count). The molecule has 0 fully saturated rings. The molecule has 1 aromatic heterocycles. The first-order chi connectivity index (χ1) is 8.08. The Bertz CT molecular complexity index is 617. The van der Waals surface area contributed by atoms with Gasteiger partial charge in [0.15, 0.2) is 0 Å². The Balaban J connectivity index is 2.38. The first-order valence-electron chi connectivity index (χ1n) is 4.44. The zero-order valence-corrected chi connectivity index (χ0v) is 12.7. The summed E-state index contributed by atoms with van der Waals surface area (Å²) >= 11 is 11.2. The second-order valence-electron chi connectivity index (χ2n) is 3.03. The number of rotatable bonds is 2. The van der Waals surface area contributed by atoms with E-state index in [1.807, 2.05) is 22.6 Å². The molecule has 2 aromatic rings. The summed E-state index contributed by atoms with van der Waals surface area (Å²) in [4.78, 5) is 17.7. The molecule has 1 heterocycles. The van der Waals surface area contributed by atoms with Crippen LogP contribution in [0.3, 0.4) is 0 Å². The lowest BCUT2D eigenvalue weighted by Crippen LogP contribution is -2.11. The van der Waals surface area contributed by atoms with Gasteiger partial charge in [-0.25, -0.2) is 4.98 Å². The zero-order valence-electron chi connectivity index (χ0n) is 8.21. The minimum Gasteiger partial charge on any atom is -0.436 e. The second-order valence-corrected chi connectivity index (χ2v) is 5.43. The van der Waals surface area contributed by atoms with Crippen molar-refractivity contribution in [2.75, 3.05) is 0 Å². The third kappa shape index (κ3) is 2.99. The first kappa shape index (κ1) is 12.8. The number of nitrogens with one attached hydrogen (secondary N) is 1. The Morgan fingerprint density at radius 1 is 1.47 bits per heavy atom. The molecule has 4 nitrogen and oxygen atoms in total. The molecule has 0 aliphatic rings. The molecular formula is C10H5BrClIN2O2. The van der Waals surface area contributed by atoms with E-state index >= 15 is 0 Å². The number of benzene rings is 1. The molecule has 0 unspecified atom stereocenters. The highest BCUT2D eigenvalue weighted by atomic mass is 127. The lowest BCUT2D eigenvalue weighted by molar-refractivity contribution is 0.456. The fourth-order valence-electron chi connectivity index (χ4n) is 1.10. The quantitative estimate of drug-likeness (QED) is 0.746. The molecule has 0 saturated carbocycles. The molecule has 0 saturated heterocycles. The lowest BCUT2D eigenvalue weighted by atomic mass is 10.3. The molecule has 0 aliphatic carbocycles. The molecule has 1 N–H and O–H groups in total. The van der Waals surface area contributed by atoms with Gasteiger partial charge in [0, 0.05) is 4.47 Å². The van der Waals surface area contributed by atoms with Crippen molar-refractivity contribution in [3.8, 4) is 11.6 Å². The van der Waals surface area contributed by atoms with Gasteiger partial charge in [0.2, 0.25) is 5.88 Å². The van der Waals surface area contributed by atoms with Gasteiger partial charge in [-0.1, -0.05) is 27.5 Å². The number of aromatic nitrogens is 2. The van der Waals surface area contributed by atoms with E-state index in [1.165, 1.54) is 6.33 Å². The van der Waals surface area contributed by atoms with Crippen LogP contribution in [0.15, 0.2) is 33.8 Å². The summed E-state index contributed by atoms with van der Waals surface area (Å²) in [6, 6.07) is 5.20. The van der Waals surface area contributed by atoms with Crippen molar-refractivity contribution >= 4 is 50.1 Å². The normalized spacial score (nSPS) is 10.3. The molecule has 88 valence electrons. The van der Waals surface area contributed by atoms with Crippen LogP contribution < -0.4 is 10.3 Å². The van der Waals surface area contributed by atoms with E-state index in [-0.39, 0.29) is 11.4 Å². The van der Waals surface area contributed by atoms with Crippen molar-refractivity contribution < 1.29 is 4.74 Å². The second kappa shape index (κ2) is 5.36. The van der Waals surface area contributed by atoms with Crippen LogP contribution in [0.2, 0.25) is 5.02 Å². The molecule has 0 spiro atoms. The van der Waals surface area contributed by atoms with Crippen molar-refractivity contribution in [2.24, 2.45) is 0 Å². The van der Waals surface area contributed by atoms with Gasteiger partial charge in [-0.3, -0.25) is 4.79 Å². The molecule has 0 atom stereocenters. The molecule has 0 aliphatic heterocycles. The van der Waals surface area contributed by atoms with E-state index in [2.05, 4.69) is 25.9 Å². The number of hydrogen-bond donors (Lipinski definition) is 1. The van der Waals surface area contributed by atoms with E-state index in [0.29, 0.717) is 14.3 Å². The standard InChI is InChI=1S/C10H5BrClIN2O2/c11-5-1-2-7(6(12)3-5)17-10-8(13)9(16)14-4-15-10/h1-4H,(H,14,15,16). The van der Waals surface area contributed by atoms with Gasteiger partial charge in [-0.05, 0) is 40.8 Å². The molecule has 0 bridgehead atoms. The molecule has 0 amide bonds. The monoisotopic (exact) mass is 426 g/mol. The highest BCUT2D eigenvalue weighted by Crippen LogP contribution is 2.31. The van der Waals surface area contributed by atoms with Crippen LogP contribution in [0.5, 0.6) is 11.6 Å². The summed E-state index contributed by atoms with van der Waals surface area (Å²) in [7, 11) is 0. The van der Waals surface area contributed by atoms with Gasteiger partial charge < -0.3 is 9.72 Å². The van der Waals surface area contributed by atoms with Crippen molar-refractivity contribution in [3.05, 3.63) is 47.9 Å². The lowest BCUT2D eigenvalue weighted by Gasteiger charge is -2.07. The average molecular weight is 427 g/mol. The number of nitrogens with zero attached hydrogens (tertiary/aromatic N) is 1. The molecular weight excluding hydrogens is 422 g/mol. The van der Waals surface area contributed by atoms with E-state index in [0.717, 1.165) is 4.47 Å². The topological polar surface area (TPSA) is 55.0 Å². The summed E-state index contributed by atoms with van der Waals surface area (Å²) in [5, 5.41) is 0.442. The number of H-pyrrole nitrogens is 1. The van der Waals surface area contributed by atoms with Crippen LogP contribution in [0.4, 0.5) is 0 Å². The van der Waals surface area contributed by atoms with Crippen LogP contribution in [-0.4, -0.2) is 9.97 Å². The van der Waals surface area contributed by atoms with Crippen LogP contribution in [0, 0.1) is 3.57 Å². The predicted molar refractivity (Wildman–Crippen MR) is 76.8 cm³/mol. The number of ether oxygens (including phenoxy) is 1. The number of halogens is 3. The van der Waals surface area contributed by atoms with Crippen LogP contribution in [0.1, 0.15) is 0 Å². The van der Waals surface area contributed by atoms with Crippen LogP contribution in [0.25, 0.3) is 0 Å². The predicted octanol–water partition coefficient (Wildman–Crippen LogP) is 3.58. The van der Waals surface area contributed by atoms with Crippen molar-refractivity contribution in [2.45, 2.75) is 0 Å². The smallest absolute Gasteiger partial charge is 0.268 e. The minimum atomic E-state index is -0.246. The summed E-state index contributed by atoms with van der Waals surface area (Å²) in [6.45, 7) is 0. The highest BCUT2D eigenvalue weighted by Gasteiger charge is 2.10. The van der Waals surface area contributed by atoms with E-state index in [9.17, 15) is 4.79 Å². The SMILES string of the molecule is O=c1[nH]cnc(Oc2ccc(Br)cc2Cl)c1I. The summed E-state index contributed by atoms with van der Waals surface area (Å²) in [5.41, 5.74) is -0.246. The average Bonchev–Trinajstić information content (AvgIpc) is 2.28. The molecule has 7 heteroatoms. The van der Waals surface area contributed by atoms with Crippen LogP contribution in [-0.2, 0) is 0 Å². The maximum atomic E-state index is 11.3. The fourth-order valence-corrected chi connectivity index (χ4v) is 2.22. The largest absolute Gasteiger partial charge is 0.436 e. The summed E-state index contributed by atoms with van der Waals surface area (Å²) in [6.07, 6.45) is 1.28.